The lowest BCUT2D eigenvalue weighted by molar-refractivity contribution is 0.126. The van der Waals surface area contributed by atoms with E-state index in [1.165, 1.54) is 19.3 Å². The highest BCUT2D eigenvalue weighted by Crippen LogP contribution is 2.24. The molecule has 2 atom stereocenters. The van der Waals surface area contributed by atoms with Crippen molar-refractivity contribution in [1.29, 1.82) is 0 Å². The molecule has 0 aliphatic rings. The molecule has 2 heteroatoms. The summed E-state index contributed by atoms with van der Waals surface area (Å²) in [5.41, 5.74) is 6.21. The van der Waals surface area contributed by atoms with Gasteiger partial charge in [0.2, 0.25) is 0 Å². The van der Waals surface area contributed by atoms with Crippen molar-refractivity contribution < 1.29 is 0 Å². The van der Waals surface area contributed by atoms with Gasteiger partial charge in [0.1, 0.15) is 0 Å². The van der Waals surface area contributed by atoms with E-state index in [9.17, 15) is 0 Å². The third kappa shape index (κ3) is 4.98. The van der Waals surface area contributed by atoms with Crippen LogP contribution in [0.15, 0.2) is 0 Å². The standard InChI is InChI=1S/C13H30N2/c1-6-9-13(5,10-14)11-15(8-3)12(4)7-2/h12H,6-11,14H2,1-5H3. The molecule has 0 amide bonds. The molecule has 0 rings (SSSR count). The maximum absolute atomic E-state index is 5.91. The van der Waals surface area contributed by atoms with Crippen molar-refractivity contribution in [2.75, 3.05) is 19.6 Å². The maximum Gasteiger partial charge on any atom is 0.00644 e. The number of hydrogen-bond acceptors (Lipinski definition) is 2. The maximum atomic E-state index is 5.91. The van der Waals surface area contributed by atoms with Gasteiger partial charge in [-0.3, -0.25) is 0 Å². The molecule has 0 saturated carbocycles. The van der Waals surface area contributed by atoms with Crippen LogP contribution in [0.25, 0.3) is 0 Å². The van der Waals surface area contributed by atoms with Crippen LogP contribution < -0.4 is 5.73 Å². The smallest absolute Gasteiger partial charge is 0.00644 e. The van der Waals surface area contributed by atoms with E-state index in [4.69, 9.17) is 5.73 Å². The van der Waals surface area contributed by atoms with Crippen LogP contribution in [0, 0.1) is 5.41 Å². The Labute approximate surface area is 96.2 Å². The van der Waals surface area contributed by atoms with Gasteiger partial charge in [-0.15, -0.1) is 0 Å². The minimum Gasteiger partial charge on any atom is -0.330 e. The summed E-state index contributed by atoms with van der Waals surface area (Å²) in [6.45, 7) is 14.5. The molecule has 0 aromatic heterocycles. The molecule has 2 N–H and O–H groups in total. The van der Waals surface area contributed by atoms with Gasteiger partial charge < -0.3 is 10.6 Å². The van der Waals surface area contributed by atoms with Crippen molar-refractivity contribution in [3.8, 4) is 0 Å². The Kier molecular flexibility index (Phi) is 7.20. The molecule has 0 aromatic rings. The Morgan fingerprint density at radius 3 is 2.20 bits per heavy atom. The third-order valence-electron chi connectivity index (χ3n) is 3.55. The van der Waals surface area contributed by atoms with Gasteiger partial charge in [0, 0.05) is 12.6 Å². The predicted molar refractivity (Wildman–Crippen MR) is 69.1 cm³/mol. The molecule has 0 fully saturated rings. The Morgan fingerprint density at radius 2 is 1.87 bits per heavy atom. The first-order chi connectivity index (χ1) is 7.02. The number of nitrogens with zero attached hydrogens (tertiary/aromatic N) is 1. The molecule has 2 nitrogen and oxygen atoms in total. The van der Waals surface area contributed by atoms with Crippen LogP contribution in [-0.4, -0.2) is 30.6 Å². The summed E-state index contributed by atoms with van der Waals surface area (Å²) < 4.78 is 0. The van der Waals surface area contributed by atoms with E-state index in [1.807, 2.05) is 0 Å². The minimum atomic E-state index is 0.300. The van der Waals surface area contributed by atoms with E-state index >= 15 is 0 Å². The molecule has 0 heterocycles. The second kappa shape index (κ2) is 7.24. The summed E-state index contributed by atoms with van der Waals surface area (Å²) in [7, 11) is 0. The fourth-order valence-corrected chi connectivity index (χ4v) is 2.18. The van der Waals surface area contributed by atoms with Gasteiger partial charge >= 0.3 is 0 Å². The first-order valence-corrected chi connectivity index (χ1v) is 6.47. The Morgan fingerprint density at radius 1 is 1.27 bits per heavy atom. The van der Waals surface area contributed by atoms with Crippen molar-refractivity contribution >= 4 is 0 Å². The van der Waals surface area contributed by atoms with Crippen LogP contribution in [0.2, 0.25) is 0 Å². The molecule has 0 aliphatic carbocycles. The summed E-state index contributed by atoms with van der Waals surface area (Å²) in [6, 6.07) is 0.678. The monoisotopic (exact) mass is 214 g/mol. The molecule has 0 spiro atoms. The molecule has 0 bridgehead atoms. The minimum absolute atomic E-state index is 0.300. The van der Waals surface area contributed by atoms with Crippen molar-refractivity contribution in [2.45, 2.75) is 59.9 Å². The Bertz CT molecular complexity index is 159. The van der Waals surface area contributed by atoms with E-state index < -0.39 is 0 Å². The van der Waals surface area contributed by atoms with Crippen LogP contribution in [-0.2, 0) is 0 Å². The summed E-state index contributed by atoms with van der Waals surface area (Å²) in [5, 5.41) is 0. The fraction of sp³-hybridized carbons (Fsp3) is 1.00. The van der Waals surface area contributed by atoms with Crippen molar-refractivity contribution in [3.63, 3.8) is 0 Å². The molecular formula is C13H30N2. The molecule has 0 saturated heterocycles. The van der Waals surface area contributed by atoms with Gasteiger partial charge in [0.05, 0.1) is 0 Å². The average Bonchev–Trinajstić information content (AvgIpc) is 2.25. The van der Waals surface area contributed by atoms with Gasteiger partial charge in [0.15, 0.2) is 0 Å². The number of rotatable bonds is 8. The molecule has 92 valence electrons. The van der Waals surface area contributed by atoms with E-state index in [1.54, 1.807) is 0 Å². The first-order valence-electron chi connectivity index (χ1n) is 6.47. The zero-order valence-corrected chi connectivity index (χ0v) is 11.3. The molecule has 15 heavy (non-hydrogen) atoms. The number of hydrogen-bond donors (Lipinski definition) is 1. The third-order valence-corrected chi connectivity index (χ3v) is 3.55. The zero-order valence-electron chi connectivity index (χ0n) is 11.3. The summed E-state index contributed by atoms with van der Waals surface area (Å²) in [4.78, 5) is 2.56. The van der Waals surface area contributed by atoms with Gasteiger partial charge in [-0.05, 0) is 38.3 Å². The first kappa shape index (κ1) is 14.9. The molecule has 0 aliphatic heterocycles. The topological polar surface area (TPSA) is 29.3 Å². The van der Waals surface area contributed by atoms with E-state index in [-0.39, 0.29) is 0 Å². The summed E-state index contributed by atoms with van der Waals surface area (Å²) in [6.07, 6.45) is 3.68. The number of nitrogens with two attached hydrogens (primary N) is 1. The lowest BCUT2D eigenvalue weighted by Gasteiger charge is -2.37. The highest BCUT2D eigenvalue weighted by molar-refractivity contribution is 4.80. The van der Waals surface area contributed by atoms with E-state index in [0.717, 1.165) is 19.6 Å². The highest BCUT2D eigenvalue weighted by atomic mass is 15.2. The van der Waals surface area contributed by atoms with E-state index in [0.29, 0.717) is 11.5 Å². The second-order valence-electron chi connectivity index (χ2n) is 5.09. The van der Waals surface area contributed by atoms with Crippen LogP contribution in [0.1, 0.15) is 53.9 Å². The highest BCUT2D eigenvalue weighted by Gasteiger charge is 2.25. The summed E-state index contributed by atoms with van der Waals surface area (Å²) >= 11 is 0. The fourth-order valence-electron chi connectivity index (χ4n) is 2.18. The average molecular weight is 214 g/mol. The van der Waals surface area contributed by atoms with Crippen molar-refractivity contribution in [2.24, 2.45) is 11.1 Å². The quantitative estimate of drug-likeness (QED) is 0.673. The lowest BCUT2D eigenvalue weighted by Crippen LogP contribution is -2.44. The van der Waals surface area contributed by atoms with Gasteiger partial charge in [0.25, 0.3) is 0 Å². The Balaban J connectivity index is 4.35. The van der Waals surface area contributed by atoms with Gasteiger partial charge in [-0.2, -0.15) is 0 Å². The second-order valence-corrected chi connectivity index (χ2v) is 5.09. The zero-order chi connectivity index (χ0) is 11.9. The Hall–Kier alpha value is -0.0800. The van der Waals surface area contributed by atoms with Crippen LogP contribution in [0.4, 0.5) is 0 Å². The van der Waals surface area contributed by atoms with Gasteiger partial charge in [-0.25, -0.2) is 0 Å². The molecular weight excluding hydrogens is 184 g/mol. The predicted octanol–water partition coefficient (Wildman–Crippen LogP) is 2.87. The normalized spacial score (nSPS) is 17.8. The summed E-state index contributed by atoms with van der Waals surface area (Å²) in [5.74, 6) is 0. The van der Waals surface area contributed by atoms with Crippen LogP contribution in [0.3, 0.4) is 0 Å². The van der Waals surface area contributed by atoms with Crippen molar-refractivity contribution in [3.05, 3.63) is 0 Å². The van der Waals surface area contributed by atoms with Crippen molar-refractivity contribution in [1.82, 2.24) is 4.90 Å². The van der Waals surface area contributed by atoms with E-state index in [2.05, 4.69) is 39.5 Å². The van der Waals surface area contributed by atoms with Gasteiger partial charge in [-0.1, -0.05) is 34.1 Å². The molecule has 0 aromatic carbocycles. The molecule has 0 radical (unpaired) electrons. The van der Waals surface area contributed by atoms with Crippen LogP contribution >= 0.6 is 0 Å². The SMILES string of the molecule is CCCC(C)(CN)CN(CC)C(C)CC. The molecule has 2 unspecified atom stereocenters. The lowest BCUT2D eigenvalue weighted by atomic mass is 9.84. The van der Waals surface area contributed by atoms with Crippen LogP contribution in [0.5, 0.6) is 0 Å². The largest absolute Gasteiger partial charge is 0.330 e.